The zero-order chi connectivity index (χ0) is 32.0. The molecule has 0 amide bonds. The van der Waals surface area contributed by atoms with Crippen molar-refractivity contribution in [3.8, 4) is 44.3 Å². The number of benzene rings is 5. The largest absolute Gasteiger partial charge is 0.497 e. The highest BCUT2D eigenvalue weighted by Gasteiger charge is 2.41. The number of ether oxygens (including phenoxy) is 2. The molecular weight excluding hydrogens is 626 g/mol. The van der Waals surface area contributed by atoms with Gasteiger partial charge in [-0.1, -0.05) is 30.3 Å². The fourth-order valence-electron chi connectivity index (χ4n) is 4.69. The lowest BCUT2D eigenvalue weighted by atomic mass is 10.0. The first-order valence-electron chi connectivity index (χ1n) is 13.0. The van der Waals surface area contributed by atoms with Gasteiger partial charge in [-0.05, 0) is 59.2 Å². The maximum Gasteiger partial charge on any atom is 0.432 e. The molecule has 0 aliphatic carbocycles. The summed E-state index contributed by atoms with van der Waals surface area (Å²) in [5.74, 6) is -10.7. The van der Waals surface area contributed by atoms with E-state index in [0.29, 0.717) is 28.2 Å². The number of fused-ring (bicyclic) bond motifs is 1. The number of alkyl halides is 2. The van der Waals surface area contributed by atoms with Crippen molar-refractivity contribution in [1.82, 2.24) is 4.98 Å². The van der Waals surface area contributed by atoms with Crippen molar-refractivity contribution in [3.63, 3.8) is 0 Å². The summed E-state index contributed by atoms with van der Waals surface area (Å²) in [5.41, 5.74) is 0.347. The molecule has 5 aromatic carbocycles. The Bertz CT molecular complexity index is 2030. The van der Waals surface area contributed by atoms with E-state index in [4.69, 9.17) is 4.74 Å². The van der Waals surface area contributed by atoms with Gasteiger partial charge < -0.3 is 9.47 Å². The molecule has 6 aromatic rings. The van der Waals surface area contributed by atoms with Crippen LogP contribution in [0.25, 0.3) is 43.0 Å². The Labute approximate surface area is 253 Å². The Hall–Kier alpha value is -4.97. The van der Waals surface area contributed by atoms with Crippen LogP contribution in [0.5, 0.6) is 11.5 Å². The average Bonchev–Trinajstić information content (AvgIpc) is 3.43. The molecule has 0 aliphatic rings. The SMILES string of the molecule is COc1ccc(-c2ccc3nc(-c4ccc(-c5cc(F)c(C(F)(F)Oc6cc(F)c(F)c(F)c6)c(F)c5)c(F)c4)sc3c2)cc1. The molecule has 0 saturated heterocycles. The molecule has 1 aromatic heterocycles. The van der Waals surface area contributed by atoms with Crippen LogP contribution in [-0.4, -0.2) is 12.1 Å². The first-order chi connectivity index (χ1) is 21.4. The highest BCUT2D eigenvalue weighted by atomic mass is 32.1. The van der Waals surface area contributed by atoms with Crippen LogP contribution in [0.3, 0.4) is 0 Å². The zero-order valence-electron chi connectivity index (χ0n) is 22.8. The van der Waals surface area contributed by atoms with Gasteiger partial charge >= 0.3 is 6.11 Å². The number of hydrogen-bond donors (Lipinski definition) is 0. The third-order valence-electron chi connectivity index (χ3n) is 6.88. The van der Waals surface area contributed by atoms with Gasteiger partial charge in [-0.3, -0.25) is 0 Å². The molecule has 228 valence electrons. The van der Waals surface area contributed by atoms with E-state index in [-0.39, 0.29) is 17.7 Å². The number of methoxy groups -OCH3 is 1. The van der Waals surface area contributed by atoms with Crippen LogP contribution in [0.1, 0.15) is 5.56 Å². The summed E-state index contributed by atoms with van der Waals surface area (Å²) >= 11 is 1.30. The fourth-order valence-corrected chi connectivity index (χ4v) is 5.69. The Morgan fingerprint density at radius 2 is 1.20 bits per heavy atom. The number of thiazole rings is 1. The van der Waals surface area contributed by atoms with E-state index in [2.05, 4.69) is 9.72 Å². The third-order valence-corrected chi connectivity index (χ3v) is 7.94. The van der Waals surface area contributed by atoms with Crippen molar-refractivity contribution >= 4 is 21.6 Å². The second kappa shape index (κ2) is 11.5. The van der Waals surface area contributed by atoms with Crippen molar-refractivity contribution in [2.75, 3.05) is 7.11 Å². The normalized spacial score (nSPS) is 11.7. The van der Waals surface area contributed by atoms with Crippen LogP contribution in [0.2, 0.25) is 0 Å². The minimum atomic E-state index is -4.77. The van der Waals surface area contributed by atoms with Crippen LogP contribution in [0, 0.1) is 34.9 Å². The number of rotatable bonds is 7. The van der Waals surface area contributed by atoms with Gasteiger partial charge in [0.05, 0.1) is 17.3 Å². The first kappa shape index (κ1) is 30.1. The van der Waals surface area contributed by atoms with E-state index < -0.39 is 57.9 Å². The summed E-state index contributed by atoms with van der Waals surface area (Å²) < 4.78 is 125. The smallest absolute Gasteiger partial charge is 0.432 e. The van der Waals surface area contributed by atoms with Gasteiger partial charge in [-0.2, -0.15) is 8.78 Å². The summed E-state index contributed by atoms with van der Waals surface area (Å²) in [6.07, 6.45) is -4.77. The van der Waals surface area contributed by atoms with E-state index >= 15 is 4.39 Å². The fraction of sp³-hybridized carbons (Fsp3) is 0.0606. The van der Waals surface area contributed by atoms with E-state index in [1.807, 2.05) is 42.5 Å². The van der Waals surface area contributed by atoms with Crippen molar-refractivity contribution in [1.29, 1.82) is 0 Å². The average molecular weight is 644 g/mol. The molecule has 0 aliphatic heterocycles. The number of nitrogens with zero attached hydrogens (tertiary/aromatic N) is 1. The molecule has 0 N–H and O–H groups in total. The van der Waals surface area contributed by atoms with Crippen molar-refractivity contribution in [2.24, 2.45) is 0 Å². The minimum absolute atomic E-state index is 0.0959. The molecule has 0 radical (unpaired) electrons. The van der Waals surface area contributed by atoms with Gasteiger partial charge in [0.1, 0.15) is 39.5 Å². The topological polar surface area (TPSA) is 31.4 Å². The quantitative estimate of drug-likeness (QED) is 0.128. The monoisotopic (exact) mass is 643 g/mol. The standard InChI is InChI=1S/C33H17F8NO2S/c1-43-20-6-2-16(3-7-20)17-5-9-28-29(13-17)45-32(42-28)18-4-8-22(23(34)10-18)19-11-24(35)30(25(36)12-19)33(40,41)44-21-14-26(37)31(39)27(38)15-21/h2-15H,1H3. The third kappa shape index (κ3) is 5.80. The Morgan fingerprint density at radius 3 is 1.82 bits per heavy atom. The summed E-state index contributed by atoms with van der Waals surface area (Å²) in [5, 5.41) is 0.473. The molecule has 12 heteroatoms. The van der Waals surface area contributed by atoms with Crippen molar-refractivity contribution in [3.05, 3.63) is 125 Å². The van der Waals surface area contributed by atoms with E-state index in [1.54, 1.807) is 7.11 Å². The van der Waals surface area contributed by atoms with Gasteiger partial charge in [0.25, 0.3) is 0 Å². The number of aromatic nitrogens is 1. The van der Waals surface area contributed by atoms with Crippen LogP contribution in [0.4, 0.5) is 35.1 Å². The molecule has 0 atom stereocenters. The van der Waals surface area contributed by atoms with E-state index in [0.717, 1.165) is 27.6 Å². The Morgan fingerprint density at radius 1 is 0.600 bits per heavy atom. The summed E-state index contributed by atoms with van der Waals surface area (Å²) in [7, 11) is 1.58. The number of hydrogen-bond acceptors (Lipinski definition) is 4. The molecule has 45 heavy (non-hydrogen) atoms. The van der Waals surface area contributed by atoms with Crippen molar-refractivity contribution < 1.29 is 44.6 Å². The van der Waals surface area contributed by atoms with Crippen LogP contribution in [0.15, 0.2) is 84.9 Å². The molecule has 1 heterocycles. The molecule has 0 fully saturated rings. The molecule has 0 unspecified atom stereocenters. The first-order valence-corrected chi connectivity index (χ1v) is 13.8. The maximum atomic E-state index is 15.3. The zero-order valence-corrected chi connectivity index (χ0v) is 23.6. The minimum Gasteiger partial charge on any atom is -0.497 e. The van der Waals surface area contributed by atoms with Gasteiger partial charge in [0.2, 0.25) is 0 Å². The van der Waals surface area contributed by atoms with Crippen LogP contribution < -0.4 is 9.47 Å². The van der Waals surface area contributed by atoms with Gasteiger partial charge in [-0.15, -0.1) is 11.3 Å². The molecule has 0 saturated carbocycles. The second-order valence-electron chi connectivity index (χ2n) is 9.76. The Kier molecular flexibility index (Phi) is 7.69. The predicted molar refractivity (Wildman–Crippen MR) is 153 cm³/mol. The molecule has 0 spiro atoms. The lowest BCUT2D eigenvalue weighted by Crippen LogP contribution is -2.25. The maximum absolute atomic E-state index is 15.3. The predicted octanol–water partition coefficient (Wildman–Crippen LogP) is 10.3. The van der Waals surface area contributed by atoms with Gasteiger partial charge in [-0.25, -0.2) is 31.3 Å². The van der Waals surface area contributed by atoms with Crippen LogP contribution >= 0.6 is 11.3 Å². The van der Waals surface area contributed by atoms with E-state index in [1.165, 1.54) is 23.5 Å². The highest BCUT2D eigenvalue weighted by Crippen LogP contribution is 2.39. The van der Waals surface area contributed by atoms with Crippen LogP contribution in [-0.2, 0) is 6.11 Å². The van der Waals surface area contributed by atoms with Crippen molar-refractivity contribution in [2.45, 2.75) is 6.11 Å². The highest BCUT2D eigenvalue weighted by molar-refractivity contribution is 7.21. The van der Waals surface area contributed by atoms with Gasteiger partial charge in [0.15, 0.2) is 17.5 Å². The Balaban J connectivity index is 1.27. The molecular formula is C33H17F8NO2S. The second-order valence-corrected chi connectivity index (χ2v) is 10.8. The molecule has 6 rings (SSSR count). The summed E-state index contributed by atoms with van der Waals surface area (Å²) in [6, 6.07) is 18.1. The van der Waals surface area contributed by atoms with Gasteiger partial charge in [0, 0.05) is 23.3 Å². The van der Waals surface area contributed by atoms with E-state index in [9.17, 15) is 30.7 Å². The number of halogens is 8. The summed E-state index contributed by atoms with van der Waals surface area (Å²) in [6.45, 7) is 0. The lowest BCUT2D eigenvalue weighted by Gasteiger charge is -2.20. The molecule has 0 bridgehead atoms. The molecule has 3 nitrogen and oxygen atoms in total. The lowest BCUT2D eigenvalue weighted by molar-refractivity contribution is -0.189. The summed E-state index contributed by atoms with van der Waals surface area (Å²) in [4.78, 5) is 4.55.